The van der Waals surface area contributed by atoms with Crippen molar-refractivity contribution >= 4 is 49.9 Å². The van der Waals surface area contributed by atoms with Crippen molar-refractivity contribution in [3.8, 4) is 11.4 Å². The van der Waals surface area contributed by atoms with Gasteiger partial charge in [0.15, 0.2) is 6.29 Å². The van der Waals surface area contributed by atoms with Crippen molar-refractivity contribution in [3.63, 3.8) is 0 Å². The molecular formula is C33H40Cl2N4O4S. The van der Waals surface area contributed by atoms with E-state index in [1.807, 2.05) is 6.07 Å². The topological polar surface area (TPSA) is 95.3 Å². The number of ether oxygens (including phenoxy) is 2. The fraction of sp³-hybridized carbons (Fsp3) is 0.455. The third-order valence-corrected chi connectivity index (χ3v) is 10.9. The highest BCUT2D eigenvalue weighted by atomic mass is 35.5. The normalized spacial score (nSPS) is 16.3. The molecule has 3 aromatic carbocycles. The van der Waals surface area contributed by atoms with Gasteiger partial charge in [-0.15, -0.1) is 15.0 Å². The molecule has 0 aliphatic carbocycles. The van der Waals surface area contributed by atoms with Gasteiger partial charge in [-0.2, -0.15) is 0 Å². The van der Waals surface area contributed by atoms with Gasteiger partial charge in [-0.3, -0.25) is 4.72 Å². The van der Waals surface area contributed by atoms with E-state index in [9.17, 15) is 8.42 Å². The molecule has 1 fully saturated rings. The van der Waals surface area contributed by atoms with Crippen LogP contribution in [0, 0.1) is 0 Å². The molecule has 0 bridgehead atoms. The molecule has 236 valence electrons. The van der Waals surface area contributed by atoms with E-state index in [2.05, 4.69) is 68.6 Å². The third-order valence-electron chi connectivity index (χ3n) is 8.82. The lowest BCUT2D eigenvalue weighted by Gasteiger charge is -2.30. The van der Waals surface area contributed by atoms with E-state index in [0.29, 0.717) is 44.8 Å². The van der Waals surface area contributed by atoms with Crippen LogP contribution in [0.3, 0.4) is 0 Å². The predicted molar refractivity (Wildman–Crippen MR) is 177 cm³/mol. The Morgan fingerprint density at radius 2 is 1.59 bits per heavy atom. The van der Waals surface area contributed by atoms with Crippen LogP contribution in [0.4, 0.5) is 5.69 Å². The van der Waals surface area contributed by atoms with Gasteiger partial charge in [0.1, 0.15) is 22.5 Å². The molecule has 1 saturated heterocycles. The first-order valence-corrected chi connectivity index (χ1v) is 17.3. The second-order valence-electron chi connectivity index (χ2n) is 12.6. The van der Waals surface area contributed by atoms with E-state index in [1.165, 1.54) is 16.9 Å². The summed E-state index contributed by atoms with van der Waals surface area (Å²) in [6.45, 7) is 13.4. The molecule has 1 aliphatic rings. The molecule has 1 aliphatic heterocycles. The number of nitrogens with zero attached hydrogens (tertiary/aromatic N) is 3. The fourth-order valence-electron chi connectivity index (χ4n) is 5.12. The van der Waals surface area contributed by atoms with Crippen molar-refractivity contribution < 1.29 is 17.9 Å². The molecule has 5 rings (SSSR count). The van der Waals surface area contributed by atoms with Crippen LogP contribution in [0.2, 0.25) is 10.0 Å². The van der Waals surface area contributed by atoms with Crippen molar-refractivity contribution in [2.45, 2.75) is 95.7 Å². The summed E-state index contributed by atoms with van der Waals surface area (Å²) in [4.78, 5) is 1.40. The number of rotatable bonds is 10. The number of anilines is 1. The van der Waals surface area contributed by atoms with Crippen LogP contribution in [0.25, 0.3) is 16.7 Å². The van der Waals surface area contributed by atoms with E-state index in [-0.39, 0.29) is 15.7 Å². The summed E-state index contributed by atoms with van der Waals surface area (Å²) < 4.78 is 43.1. The van der Waals surface area contributed by atoms with Crippen molar-refractivity contribution in [3.05, 3.63) is 69.7 Å². The number of sulfonamides is 1. The summed E-state index contributed by atoms with van der Waals surface area (Å²) in [6.07, 6.45) is 3.96. The van der Waals surface area contributed by atoms with Gasteiger partial charge in [0.05, 0.1) is 27.2 Å². The Bertz CT molecular complexity index is 1740. The molecule has 1 N–H and O–H groups in total. The largest absolute Gasteiger partial charge is 0.463 e. The minimum Gasteiger partial charge on any atom is -0.463 e. The maximum absolute atomic E-state index is 14.1. The third kappa shape index (κ3) is 6.71. The molecule has 44 heavy (non-hydrogen) atoms. The van der Waals surface area contributed by atoms with Gasteiger partial charge >= 0.3 is 0 Å². The fourth-order valence-corrected chi connectivity index (χ4v) is 6.53. The van der Waals surface area contributed by atoms with Crippen LogP contribution in [0.15, 0.2) is 53.4 Å². The number of benzene rings is 3. The Morgan fingerprint density at radius 1 is 0.932 bits per heavy atom. The van der Waals surface area contributed by atoms with E-state index in [1.54, 1.807) is 18.2 Å². The van der Waals surface area contributed by atoms with Crippen LogP contribution >= 0.6 is 23.2 Å². The molecule has 2 heterocycles. The smallest absolute Gasteiger partial charge is 0.261 e. The average Bonchev–Trinajstić information content (AvgIpc) is 3.40. The van der Waals surface area contributed by atoms with Gasteiger partial charge in [0.25, 0.3) is 10.0 Å². The average molecular weight is 660 g/mol. The lowest BCUT2D eigenvalue weighted by atomic mass is 9.77. The zero-order valence-electron chi connectivity index (χ0n) is 26.1. The molecule has 4 aromatic rings. The molecule has 8 nitrogen and oxygen atoms in total. The first-order valence-electron chi connectivity index (χ1n) is 15.1. The second kappa shape index (κ2) is 12.5. The number of hydrogen-bond acceptors (Lipinski definition) is 6. The molecule has 1 aromatic heterocycles. The summed E-state index contributed by atoms with van der Waals surface area (Å²) in [6, 6.07) is 14.1. The van der Waals surface area contributed by atoms with Gasteiger partial charge in [0, 0.05) is 6.42 Å². The van der Waals surface area contributed by atoms with Gasteiger partial charge in [-0.05, 0) is 84.0 Å². The lowest BCUT2D eigenvalue weighted by Crippen LogP contribution is -2.26. The molecule has 0 amide bonds. The minimum absolute atomic E-state index is 0.0437. The number of fused-ring (bicyclic) bond motifs is 1. The molecule has 0 saturated carbocycles. The highest BCUT2D eigenvalue weighted by Crippen LogP contribution is 2.38. The Morgan fingerprint density at radius 3 is 2.18 bits per heavy atom. The predicted octanol–water partition coefficient (Wildman–Crippen LogP) is 8.81. The van der Waals surface area contributed by atoms with Gasteiger partial charge in [-0.1, -0.05) is 76.9 Å². The SMILES string of the molecule is CCC(C)(C)c1ccc(C(C)(C)CC)c(NS(=O)(=O)c2ccc(OC3CCCCO3)c(-n3nc4cc(Cl)c(Cl)cc4n3)c2)c1. The van der Waals surface area contributed by atoms with Crippen LogP contribution in [0.1, 0.15) is 84.8 Å². The standard InChI is InChI=1S/C33H40Cl2N4O4S/c1-7-32(3,4)21-12-14-23(33(5,6)8-2)26(17-21)38-44(40,41)22-13-15-30(43-31-11-9-10-16-42-31)29(18-22)39-36-27-19-24(34)25(35)20-28(27)37-39/h12-15,17-20,31,38H,7-11,16H2,1-6H3. The number of halogens is 2. The summed E-state index contributed by atoms with van der Waals surface area (Å²) in [5.74, 6) is 0.396. The number of aromatic nitrogens is 3. The van der Waals surface area contributed by atoms with Crippen molar-refractivity contribution in [2.75, 3.05) is 11.3 Å². The van der Waals surface area contributed by atoms with Crippen LogP contribution < -0.4 is 9.46 Å². The molecule has 0 radical (unpaired) electrons. The zero-order chi connectivity index (χ0) is 31.9. The highest BCUT2D eigenvalue weighted by Gasteiger charge is 2.28. The Kier molecular flexibility index (Phi) is 9.25. The first kappa shape index (κ1) is 32.5. The molecule has 1 atom stereocenters. The Labute approximate surface area is 270 Å². The molecule has 11 heteroatoms. The molecular weight excluding hydrogens is 619 g/mol. The van der Waals surface area contributed by atoms with Crippen molar-refractivity contribution in [2.24, 2.45) is 0 Å². The second-order valence-corrected chi connectivity index (χ2v) is 15.1. The van der Waals surface area contributed by atoms with E-state index in [4.69, 9.17) is 32.7 Å². The van der Waals surface area contributed by atoms with E-state index < -0.39 is 16.3 Å². The van der Waals surface area contributed by atoms with Gasteiger partial charge in [0.2, 0.25) is 0 Å². The number of nitrogens with one attached hydrogen (secondary N) is 1. The van der Waals surface area contributed by atoms with Gasteiger partial charge < -0.3 is 9.47 Å². The maximum Gasteiger partial charge on any atom is 0.261 e. The summed E-state index contributed by atoms with van der Waals surface area (Å²) in [5, 5.41) is 9.85. The van der Waals surface area contributed by atoms with Crippen LogP contribution in [-0.2, 0) is 25.6 Å². The summed E-state index contributed by atoms with van der Waals surface area (Å²) in [7, 11) is -4.05. The van der Waals surface area contributed by atoms with E-state index in [0.717, 1.165) is 43.2 Å². The first-order chi connectivity index (χ1) is 20.7. The zero-order valence-corrected chi connectivity index (χ0v) is 28.4. The molecule has 0 spiro atoms. The van der Waals surface area contributed by atoms with Crippen LogP contribution in [-0.4, -0.2) is 36.3 Å². The van der Waals surface area contributed by atoms with Crippen LogP contribution in [0.5, 0.6) is 5.75 Å². The quantitative estimate of drug-likeness (QED) is 0.183. The summed E-state index contributed by atoms with van der Waals surface area (Å²) >= 11 is 12.5. The van der Waals surface area contributed by atoms with Gasteiger partial charge in [-0.25, -0.2) is 8.42 Å². The number of hydrogen-bond donors (Lipinski definition) is 1. The van der Waals surface area contributed by atoms with Crippen molar-refractivity contribution in [1.29, 1.82) is 0 Å². The lowest BCUT2D eigenvalue weighted by molar-refractivity contribution is -0.105. The minimum atomic E-state index is -4.05. The van der Waals surface area contributed by atoms with E-state index >= 15 is 0 Å². The van der Waals surface area contributed by atoms with Crippen molar-refractivity contribution in [1.82, 2.24) is 15.0 Å². The Hall–Kier alpha value is -2.85. The maximum atomic E-state index is 14.1. The summed E-state index contributed by atoms with van der Waals surface area (Å²) in [5.41, 5.74) is 3.55. The molecule has 1 unspecified atom stereocenters. The highest BCUT2D eigenvalue weighted by molar-refractivity contribution is 7.92. The Balaban J connectivity index is 1.60. The monoisotopic (exact) mass is 658 g/mol.